The van der Waals surface area contributed by atoms with Gasteiger partial charge in [0, 0.05) is 12.2 Å². The second-order valence-corrected chi connectivity index (χ2v) is 8.38. The van der Waals surface area contributed by atoms with Gasteiger partial charge in [0.1, 0.15) is 5.82 Å². The lowest BCUT2D eigenvalue weighted by Gasteiger charge is -2.38. The Hall–Kier alpha value is -2.98. The minimum atomic E-state index is -0.426. The number of piperidine rings is 1. The fourth-order valence-electron chi connectivity index (χ4n) is 4.94. The number of hydrogen-bond acceptors (Lipinski definition) is 2. The molecule has 0 radical (unpaired) electrons. The molecule has 2 aliphatic heterocycles. The molecule has 0 atom stereocenters. The lowest BCUT2D eigenvalue weighted by Crippen LogP contribution is -2.48. The van der Waals surface area contributed by atoms with Crippen molar-refractivity contribution in [2.45, 2.75) is 31.3 Å². The maximum Gasteiger partial charge on any atom is 0.238 e. The summed E-state index contributed by atoms with van der Waals surface area (Å²) in [4.78, 5) is 18.1. The maximum absolute atomic E-state index is 13.7. The first-order chi connectivity index (χ1) is 14.7. The molecule has 3 aromatic carbocycles. The smallest absolute Gasteiger partial charge is 0.238 e. The summed E-state index contributed by atoms with van der Waals surface area (Å²) >= 11 is 0. The summed E-state index contributed by atoms with van der Waals surface area (Å²) in [6.07, 6.45) is 1.63. The van der Waals surface area contributed by atoms with E-state index in [0.29, 0.717) is 6.54 Å². The highest BCUT2D eigenvalue weighted by Gasteiger charge is 2.51. The first kappa shape index (κ1) is 19.0. The Kier molecular flexibility index (Phi) is 4.87. The molecule has 0 saturated carbocycles. The van der Waals surface area contributed by atoms with Gasteiger partial charge in [-0.1, -0.05) is 60.7 Å². The van der Waals surface area contributed by atoms with E-state index in [1.165, 1.54) is 17.7 Å². The highest BCUT2D eigenvalue weighted by Crippen LogP contribution is 2.48. The van der Waals surface area contributed by atoms with Crippen LogP contribution in [0.15, 0.2) is 78.9 Å². The van der Waals surface area contributed by atoms with E-state index in [9.17, 15) is 9.18 Å². The number of hydrogen-bond donors (Lipinski definition) is 0. The summed E-state index contributed by atoms with van der Waals surface area (Å²) in [5.74, 6) is 0.0250. The van der Waals surface area contributed by atoms with E-state index in [0.717, 1.165) is 49.3 Å². The third kappa shape index (κ3) is 3.31. The van der Waals surface area contributed by atoms with Gasteiger partial charge < -0.3 is 4.90 Å². The lowest BCUT2D eigenvalue weighted by molar-refractivity contribution is -0.125. The average molecular weight is 400 g/mol. The summed E-state index contributed by atoms with van der Waals surface area (Å²) < 4.78 is 13.2. The molecule has 30 heavy (non-hydrogen) atoms. The molecule has 3 nitrogen and oxygen atoms in total. The molecule has 152 valence electrons. The Balaban J connectivity index is 1.36. The van der Waals surface area contributed by atoms with Crippen LogP contribution in [0, 0.1) is 5.82 Å². The highest BCUT2D eigenvalue weighted by atomic mass is 19.1. The van der Waals surface area contributed by atoms with Crippen molar-refractivity contribution in [3.05, 3.63) is 101 Å². The quantitative estimate of drug-likeness (QED) is 0.622. The molecule has 1 saturated heterocycles. The van der Waals surface area contributed by atoms with E-state index in [4.69, 9.17) is 0 Å². The van der Waals surface area contributed by atoms with E-state index in [1.54, 1.807) is 0 Å². The molecule has 1 spiro atoms. The van der Waals surface area contributed by atoms with Crippen LogP contribution in [0.4, 0.5) is 10.1 Å². The minimum absolute atomic E-state index is 0.206. The molecule has 0 aromatic heterocycles. The topological polar surface area (TPSA) is 23.6 Å². The minimum Gasteiger partial charge on any atom is -0.307 e. The molecule has 0 unspecified atom stereocenters. The molecule has 1 amide bonds. The predicted molar refractivity (Wildman–Crippen MR) is 117 cm³/mol. The van der Waals surface area contributed by atoms with Crippen molar-refractivity contribution in [1.29, 1.82) is 0 Å². The number of fused-ring (bicyclic) bond motifs is 2. The molecule has 5 rings (SSSR count). The summed E-state index contributed by atoms with van der Waals surface area (Å²) in [5.41, 5.74) is 4.05. The second-order valence-electron chi connectivity index (χ2n) is 8.38. The predicted octanol–water partition coefficient (Wildman–Crippen LogP) is 4.91. The number of halogens is 1. The average Bonchev–Trinajstić information content (AvgIpc) is 3.01. The normalized spacial score (nSPS) is 18.0. The Bertz CT molecular complexity index is 1040. The van der Waals surface area contributed by atoms with E-state index in [-0.39, 0.29) is 11.7 Å². The van der Waals surface area contributed by atoms with E-state index in [2.05, 4.69) is 29.2 Å². The van der Waals surface area contributed by atoms with Crippen LogP contribution in [0.1, 0.15) is 29.5 Å². The van der Waals surface area contributed by atoms with Crippen molar-refractivity contribution in [2.75, 3.05) is 18.0 Å². The Morgan fingerprint density at radius 2 is 1.40 bits per heavy atom. The van der Waals surface area contributed by atoms with Crippen molar-refractivity contribution >= 4 is 11.6 Å². The van der Waals surface area contributed by atoms with E-state index < -0.39 is 5.41 Å². The van der Waals surface area contributed by atoms with Gasteiger partial charge in [-0.15, -0.1) is 0 Å². The van der Waals surface area contributed by atoms with Crippen molar-refractivity contribution < 1.29 is 9.18 Å². The van der Waals surface area contributed by atoms with Crippen LogP contribution >= 0.6 is 0 Å². The summed E-state index contributed by atoms with van der Waals surface area (Å²) in [6, 6.07) is 25.2. The number of amides is 1. The Labute approximate surface area is 176 Å². The first-order valence-corrected chi connectivity index (χ1v) is 10.6. The third-order valence-electron chi connectivity index (χ3n) is 6.58. The van der Waals surface area contributed by atoms with Gasteiger partial charge in [0.25, 0.3) is 0 Å². The molecule has 0 aliphatic carbocycles. The monoisotopic (exact) mass is 400 g/mol. The largest absolute Gasteiger partial charge is 0.307 e. The van der Waals surface area contributed by atoms with Gasteiger partial charge in [-0.25, -0.2) is 4.39 Å². The number of nitrogens with zero attached hydrogens (tertiary/aromatic N) is 2. The lowest BCUT2D eigenvalue weighted by atomic mass is 9.73. The zero-order chi connectivity index (χ0) is 20.6. The SMILES string of the molecule is O=C1N(Cc2ccccc2)c2ccccc2C12CCN(Cc1ccc(F)cc1)CC2. The van der Waals surface area contributed by atoms with Crippen molar-refractivity contribution in [2.24, 2.45) is 0 Å². The third-order valence-corrected chi connectivity index (χ3v) is 6.58. The molecule has 2 aliphatic rings. The molecule has 3 aromatic rings. The first-order valence-electron chi connectivity index (χ1n) is 10.6. The summed E-state index contributed by atoms with van der Waals surface area (Å²) in [7, 11) is 0. The number of benzene rings is 3. The highest BCUT2D eigenvalue weighted by molar-refractivity contribution is 6.08. The number of likely N-dealkylation sites (tertiary alicyclic amines) is 1. The molecule has 1 fully saturated rings. The van der Waals surface area contributed by atoms with Crippen LogP contribution in [0.2, 0.25) is 0 Å². The standard InChI is InChI=1S/C26H25FN2O/c27-22-12-10-21(11-13-22)18-28-16-14-26(15-17-28)23-8-4-5-9-24(23)29(25(26)30)19-20-6-2-1-3-7-20/h1-13H,14-19H2. The molecule has 4 heteroatoms. The number of para-hydroxylation sites is 1. The Morgan fingerprint density at radius 1 is 0.767 bits per heavy atom. The molecular formula is C26H25FN2O. The van der Waals surface area contributed by atoms with E-state index in [1.807, 2.05) is 47.4 Å². The van der Waals surface area contributed by atoms with Gasteiger partial charge >= 0.3 is 0 Å². The number of carbonyl (C=O) groups is 1. The number of anilines is 1. The van der Waals surface area contributed by atoms with Crippen LogP contribution in [-0.4, -0.2) is 23.9 Å². The van der Waals surface area contributed by atoms with Gasteiger partial charge in [0.15, 0.2) is 0 Å². The summed E-state index contributed by atoms with van der Waals surface area (Å²) in [5, 5.41) is 0. The van der Waals surface area contributed by atoms with Crippen LogP contribution in [0.3, 0.4) is 0 Å². The van der Waals surface area contributed by atoms with Crippen molar-refractivity contribution in [1.82, 2.24) is 4.90 Å². The molecule has 0 N–H and O–H groups in total. The molecule has 0 bridgehead atoms. The molecule has 2 heterocycles. The van der Waals surface area contributed by atoms with Gasteiger partial charge in [0.05, 0.1) is 12.0 Å². The zero-order valence-electron chi connectivity index (χ0n) is 16.9. The Morgan fingerprint density at radius 3 is 2.13 bits per heavy atom. The zero-order valence-corrected chi connectivity index (χ0v) is 16.9. The van der Waals surface area contributed by atoms with Crippen molar-refractivity contribution in [3.63, 3.8) is 0 Å². The number of rotatable bonds is 4. The fourth-order valence-corrected chi connectivity index (χ4v) is 4.94. The van der Waals surface area contributed by atoms with Crippen LogP contribution in [-0.2, 0) is 23.3 Å². The van der Waals surface area contributed by atoms with Crippen LogP contribution < -0.4 is 4.90 Å². The van der Waals surface area contributed by atoms with Gasteiger partial charge in [0.2, 0.25) is 5.91 Å². The van der Waals surface area contributed by atoms with Crippen molar-refractivity contribution in [3.8, 4) is 0 Å². The second kappa shape index (κ2) is 7.69. The van der Waals surface area contributed by atoms with Crippen LogP contribution in [0.5, 0.6) is 0 Å². The summed E-state index contributed by atoms with van der Waals surface area (Å²) in [6.45, 7) is 3.12. The van der Waals surface area contributed by atoms with Crippen LogP contribution in [0.25, 0.3) is 0 Å². The number of carbonyl (C=O) groups excluding carboxylic acids is 1. The van der Waals surface area contributed by atoms with Gasteiger partial charge in [-0.2, -0.15) is 0 Å². The molecular weight excluding hydrogens is 375 g/mol. The van der Waals surface area contributed by atoms with Gasteiger partial charge in [-0.05, 0) is 60.8 Å². The fraction of sp³-hybridized carbons (Fsp3) is 0.269. The van der Waals surface area contributed by atoms with E-state index >= 15 is 0 Å². The maximum atomic E-state index is 13.7. The van der Waals surface area contributed by atoms with Gasteiger partial charge in [-0.3, -0.25) is 9.69 Å².